The van der Waals surface area contributed by atoms with Crippen LogP contribution in [0.15, 0.2) is 54.6 Å². The van der Waals surface area contributed by atoms with Crippen LogP contribution in [0.3, 0.4) is 0 Å². The summed E-state index contributed by atoms with van der Waals surface area (Å²) in [6.07, 6.45) is 0.0525. The second-order valence-corrected chi connectivity index (χ2v) is 4.59. The molecule has 21 heavy (non-hydrogen) atoms. The molecular formula is C16H15NO4. The molecular weight excluding hydrogens is 270 g/mol. The molecule has 5 nitrogen and oxygen atoms in total. The van der Waals surface area contributed by atoms with Crippen molar-refractivity contribution in [3.05, 3.63) is 65.7 Å². The van der Waals surface area contributed by atoms with E-state index in [0.29, 0.717) is 11.1 Å². The van der Waals surface area contributed by atoms with Gasteiger partial charge < -0.3 is 15.5 Å². The first-order valence-corrected chi connectivity index (χ1v) is 6.41. The van der Waals surface area contributed by atoms with Crippen molar-refractivity contribution in [1.82, 2.24) is 5.32 Å². The van der Waals surface area contributed by atoms with Gasteiger partial charge in [-0.05, 0) is 23.3 Å². The minimum atomic E-state index is -1.11. The van der Waals surface area contributed by atoms with Gasteiger partial charge in [-0.2, -0.15) is 0 Å². The van der Waals surface area contributed by atoms with E-state index in [1.807, 2.05) is 0 Å². The molecule has 2 aromatic rings. The van der Waals surface area contributed by atoms with Gasteiger partial charge in [-0.15, -0.1) is 0 Å². The van der Waals surface area contributed by atoms with Gasteiger partial charge >= 0.3 is 5.97 Å². The Morgan fingerprint density at radius 2 is 1.62 bits per heavy atom. The molecule has 0 aliphatic carbocycles. The first-order chi connectivity index (χ1) is 10.1. The number of amides is 1. The number of benzene rings is 2. The molecule has 2 rings (SSSR count). The van der Waals surface area contributed by atoms with Gasteiger partial charge in [0.25, 0.3) is 0 Å². The van der Waals surface area contributed by atoms with Gasteiger partial charge in [0.2, 0.25) is 5.91 Å². The first-order valence-electron chi connectivity index (χ1n) is 6.41. The zero-order valence-electron chi connectivity index (χ0n) is 11.2. The molecule has 0 heterocycles. The van der Waals surface area contributed by atoms with Crippen LogP contribution in [0.4, 0.5) is 0 Å². The minimum absolute atomic E-state index is 0.0525. The topological polar surface area (TPSA) is 86.6 Å². The summed E-state index contributed by atoms with van der Waals surface area (Å²) in [5.41, 5.74) is 1.21. The van der Waals surface area contributed by atoms with Crippen LogP contribution in [-0.2, 0) is 16.0 Å². The van der Waals surface area contributed by atoms with E-state index < -0.39 is 17.9 Å². The molecule has 0 radical (unpaired) electrons. The van der Waals surface area contributed by atoms with E-state index in [1.54, 1.807) is 42.5 Å². The SMILES string of the molecule is O=C(Cc1ccc(O)cc1)N[C@H](C(=O)O)c1ccccc1. The van der Waals surface area contributed by atoms with E-state index in [4.69, 9.17) is 0 Å². The number of carbonyl (C=O) groups is 2. The molecule has 0 fully saturated rings. The van der Waals surface area contributed by atoms with E-state index in [-0.39, 0.29) is 12.2 Å². The average Bonchev–Trinajstić information content (AvgIpc) is 2.48. The van der Waals surface area contributed by atoms with Crippen molar-refractivity contribution >= 4 is 11.9 Å². The summed E-state index contributed by atoms with van der Waals surface area (Å²) in [5.74, 6) is -1.39. The highest BCUT2D eigenvalue weighted by atomic mass is 16.4. The highest BCUT2D eigenvalue weighted by Crippen LogP contribution is 2.14. The number of carbonyl (C=O) groups excluding carboxylic acids is 1. The number of rotatable bonds is 5. The third-order valence-corrected chi connectivity index (χ3v) is 2.99. The van der Waals surface area contributed by atoms with E-state index >= 15 is 0 Å². The molecule has 0 saturated carbocycles. The highest BCUT2D eigenvalue weighted by Gasteiger charge is 2.21. The maximum Gasteiger partial charge on any atom is 0.330 e. The van der Waals surface area contributed by atoms with Crippen molar-refractivity contribution in [1.29, 1.82) is 0 Å². The van der Waals surface area contributed by atoms with Gasteiger partial charge in [-0.25, -0.2) is 4.79 Å². The van der Waals surface area contributed by atoms with Crippen molar-refractivity contribution in [3.8, 4) is 5.75 Å². The molecule has 0 aliphatic rings. The van der Waals surface area contributed by atoms with Gasteiger partial charge in [-0.1, -0.05) is 42.5 Å². The summed E-state index contributed by atoms with van der Waals surface area (Å²) in [7, 11) is 0. The monoisotopic (exact) mass is 285 g/mol. The second-order valence-electron chi connectivity index (χ2n) is 4.59. The number of carboxylic acids is 1. The van der Waals surface area contributed by atoms with Crippen LogP contribution in [0, 0.1) is 0 Å². The number of phenolic OH excluding ortho intramolecular Hbond substituents is 1. The van der Waals surface area contributed by atoms with Crippen LogP contribution < -0.4 is 5.32 Å². The lowest BCUT2D eigenvalue weighted by atomic mass is 10.1. The normalized spacial score (nSPS) is 11.6. The standard InChI is InChI=1S/C16H15NO4/c18-13-8-6-11(7-9-13)10-14(19)17-15(16(20)21)12-4-2-1-3-5-12/h1-9,15,18H,10H2,(H,17,19)(H,20,21)/t15-/m0/s1. The number of phenols is 1. The number of carboxylic acid groups (broad SMARTS) is 1. The Bertz CT molecular complexity index is 622. The molecule has 1 amide bonds. The fraction of sp³-hybridized carbons (Fsp3) is 0.125. The van der Waals surface area contributed by atoms with Crippen molar-refractivity contribution in [2.24, 2.45) is 0 Å². The van der Waals surface area contributed by atoms with Crippen molar-refractivity contribution < 1.29 is 19.8 Å². The van der Waals surface area contributed by atoms with Gasteiger partial charge in [0.15, 0.2) is 6.04 Å². The Balaban J connectivity index is 2.05. The lowest BCUT2D eigenvalue weighted by Gasteiger charge is -2.15. The molecule has 0 aliphatic heterocycles. The van der Waals surface area contributed by atoms with Gasteiger partial charge in [-0.3, -0.25) is 4.79 Å². The van der Waals surface area contributed by atoms with E-state index in [9.17, 15) is 19.8 Å². The van der Waals surface area contributed by atoms with Crippen LogP contribution in [0.2, 0.25) is 0 Å². The molecule has 108 valence electrons. The molecule has 0 aromatic heterocycles. The van der Waals surface area contributed by atoms with E-state index in [2.05, 4.69) is 5.32 Å². The van der Waals surface area contributed by atoms with Crippen LogP contribution in [-0.4, -0.2) is 22.1 Å². The Morgan fingerprint density at radius 3 is 2.19 bits per heavy atom. The Morgan fingerprint density at radius 1 is 1.00 bits per heavy atom. The molecule has 0 spiro atoms. The summed E-state index contributed by atoms with van der Waals surface area (Å²) in [5, 5.41) is 20.9. The third kappa shape index (κ3) is 4.07. The largest absolute Gasteiger partial charge is 0.508 e. The highest BCUT2D eigenvalue weighted by molar-refractivity contribution is 5.85. The average molecular weight is 285 g/mol. The molecule has 2 aromatic carbocycles. The molecule has 1 atom stereocenters. The summed E-state index contributed by atoms with van der Waals surface area (Å²) < 4.78 is 0. The van der Waals surface area contributed by atoms with Crippen molar-refractivity contribution in [3.63, 3.8) is 0 Å². The lowest BCUT2D eigenvalue weighted by Crippen LogP contribution is -2.34. The summed E-state index contributed by atoms with van der Waals surface area (Å²) in [6.45, 7) is 0. The van der Waals surface area contributed by atoms with Crippen LogP contribution >= 0.6 is 0 Å². The van der Waals surface area contributed by atoms with Gasteiger partial charge in [0.05, 0.1) is 6.42 Å². The maximum atomic E-state index is 11.9. The van der Waals surface area contributed by atoms with Gasteiger partial charge in [0.1, 0.15) is 5.75 Å². The molecule has 5 heteroatoms. The predicted molar refractivity (Wildman–Crippen MR) is 76.8 cm³/mol. The minimum Gasteiger partial charge on any atom is -0.508 e. The molecule has 0 unspecified atom stereocenters. The third-order valence-electron chi connectivity index (χ3n) is 2.99. The number of aliphatic carboxylic acids is 1. The summed E-state index contributed by atoms with van der Waals surface area (Å²) >= 11 is 0. The predicted octanol–water partition coefficient (Wildman–Crippen LogP) is 1.88. The Hall–Kier alpha value is -2.82. The van der Waals surface area contributed by atoms with Gasteiger partial charge in [0, 0.05) is 0 Å². The van der Waals surface area contributed by atoms with Crippen LogP contribution in [0.25, 0.3) is 0 Å². The summed E-state index contributed by atoms with van der Waals surface area (Å²) in [4.78, 5) is 23.2. The number of hydrogen-bond donors (Lipinski definition) is 3. The number of hydrogen-bond acceptors (Lipinski definition) is 3. The smallest absolute Gasteiger partial charge is 0.330 e. The number of nitrogens with one attached hydrogen (secondary N) is 1. The van der Waals surface area contributed by atoms with Crippen molar-refractivity contribution in [2.45, 2.75) is 12.5 Å². The van der Waals surface area contributed by atoms with Crippen LogP contribution in [0.5, 0.6) is 5.75 Å². The Kier molecular flexibility index (Phi) is 4.56. The molecule has 3 N–H and O–H groups in total. The fourth-order valence-corrected chi connectivity index (χ4v) is 1.94. The Labute approximate surface area is 121 Å². The zero-order chi connectivity index (χ0) is 15.2. The van der Waals surface area contributed by atoms with Crippen molar-refractivity contribution in [2.75, 3.05) is 0 Å². The zero-order valence-corrected chi connectivity index (χ0v) is 11.2. The van der Waals surface area contributed by atoms with E-state index in [0.717, 1.165) is 0 Å². The van der Waals surface area contributed by atoms with Crippen LogP contribution in [0.1, 0.15) is 17.2 Å². The summed E-state index contributed by atoms with van der Waals surface area (Å²) in [6, 6.07) is 13.6. The first kappa shape index (κ1) is 14.6. The molecule has 0 saturated heterocycles. The molecule has 0 bridgehead atoms. The number of aromatic hydroxyl groups is 1. The quantitative estimate of drug-likeness (QED) is 0.782. The second kappa shape index (κ2) is 6.56. The fourth-order valence-electron chi connectivity index (χ4n) is 1.94. The van der Waals surface area contributed by atoms with E-state index in [1.165, 1.54) is 12.1 Å². The lowest BCUT2D eigenvalue weighted by molar-refractivity contribution is -0.141. The maximum absolute atomic E-state index is 11.9.